The van der Waals surface area contributed by atoms with Gasteiger partial charge in [-0.05, 0) is 49.5 Å². The summed E-state index contributed by atoms with van der Waals surface area (Å²) in [5.41, 5.74) is 3.78. The molecule has 0 bridgehead atoms. The summed E-state index contributed by atoms with van der Waals surface area (Å²) in [5.74, 6) is 0.761. The molecule has 3 nitrogen and oxygen atoms in total. The highest BCUT2D eigenvalue weighted by atomic mass is 16.5. The first-order valence-corrected chi connectivity index (χ1v) is 8.74. The van der Waals surface area contributed by atoms with Gasteiger partial charge < -0.3 is 10.1 Å². The van der Waals surface area contributed by atoms with Crippen LogP contribution in [0.15, 0.2) is 42.5 Å². The minimum Gasteiger partial charge on any atom is -0.474 e. The average Bonchev–Trinajstić information content (AvgIpc) is 2.58. The van der Waals surface area contributed by atoms with Crippen molar-refractivity contribution >= 4 is 0 Å². The van der Waals surface area contributed by atoms with Gasteiger partial charge >= 0.3 is 0 Å². The van der Waals surface area contributed by atoms with Crippen LogP contribution in [0, 0.1) is 0 Å². The van der Waals surface area contributed by atoms with Gasteiger partial charge in [-0.2, -0.15) is 0 Å². The number of rotatable bonds is 6. The Morgan fingerprint density at radius 1 is 1.04 bits per heavy atom. The number of hydrogen-bond acceptors (Lipinski definition) is 3. The lowest BCUT2D eigenvalue weighted by Crippen LogP contribution is -2.34. The molecule has 0 radical (unpaired) electrons. The van der Waals surface area contributed by atoms with Gasteiger partial charge in [0.2, 0.25) is 5.88 Å². The summed E-state index contributed by atoms with van der Waals surface area (Å²) in [4.78, 5) is 4.68. The second-order valence-corrected chi connectivity index (χ2v) is 6.28. The van der Waals surface area contributed by atoms with Crippen LogP contribution in [0.5, 0.6) is 5.88 Å². The van der Waals surface area contributed by atoms with Crippen molar-refractivity contribution in [2.24, 2.45) is 0 Å². The predicted octanol–water partition coefficient (Wildman–Crippen LogP) is 3.76. The Bertz CT molecular complexity index is 603. The lowest BCUT2D eigenvalue weighted by molar-refractivity contribution is 0.155. The van der Waals surface area contributed by atoms with Crippen LogP contribution in [0.3, 0.4) is 0 Å². The van der Waals surface area contributed by atoms with E-state index in [9.17, 15) is 0 Å². The maximum Gasteiger partial charge on any atom is 0.213 e. The van der Waals surface area contributed by atoms with Crippen LogP contribution in [-0.4, -0.2) is 24.2 Å². The smallest absolute Gasteiger partial charge is 0.213 e. The fourth-order valence-electron chi connectivity index (χ4n) is 3.03. The highest BCUT2D eigenvalue weighted by molar-refractivity contribution is 5.27. The Balaban J connectivity index is 1.62. The van der Waals surface area contributed by atoms with Crippen LogP contribution in [0.4, 0.5) is 0 Å². The zero-order valence-electron chi connectivity index (χ0n) is 13.9. The fraction of sp³-hybridized carbons (Fsp3) is 0.450. The van der Waals surface area contributed by atoms with E-state index < -0.39 is 0 Å². The Morgan fingerprint density at radius 3 is 2.52 bits per heavy atom. The van der Waals surface area contributed by atoms with Crippen molar-refractivity contribution in [3.8, 4) is 5.88 Å². The molecule has 2 aromatic rings. The summed E-state index contributed by atoms with van der Waals surface area (Å²) in [7, 11) is 0. The second kappa shape index (κ2) is 8.11. The van der Waals surface area contributed by atoms with E-state index in [1.165, 1.54) is 17.5 Å². The van der Waals surface area contributed by atoms with Gasteiger partial charge in [0.25, 0.3) is 0 Å². The number of nitrogens with one attached hydrogen (secondary N) is 1. The van der Waals surface area contributed by atoms with E-state index in [4.69, 9.17) is 4.74 Å². The summed E-state index contributed by atoms with van der Waals surface area (Å²) in [5, 5.41) is 3.36. The van der Waals surface area contributed by atoms with Gasteiger partial charge in [-0.1, -0.05) is 43.7 Å². The van der Waals surface area contributed by atoms with E-state index in [0.717, 1.165) is 50.3 Å². The lowest BCUT2D eigenvalue weighted by Gasteiger charge is -2.23. The maximum atomic E-state index is 6.03. The molecule has 1 aliphatic rings. The molecule has 0 amide bonds. The summed E-state index contributed by atoms with van der Waals surface area (Å²) in [6.45, 7) is 4.29. The van der Waals surface area contributed by atoms with E-state index in [1.54, 1.807) is 0 Å². The minimum absolute atomic E-state index is 0.298. The number of aryl methyl sites for hydroxylation is 1. The maximum absolute atomic E-state index is 6.03. The van der Waals surface area contributed by atoms with Crippen LogP contribution >= 0.6 is 0 Å². The molecule has 122 valence electrons. The first kappa shape index (κ1) is 16.0. The van der Waals surface area contributed by atoms with E-state index in [0.29, 0.717) is 6.10 Å². The topological polar surface area (TPSA) is 34.1 Å². The van der Waals surface area contributed by atoms with Crippen LogP contribution in [0.25, 0.3) is 0 Å². The number of pyridine rings is 1. The molecule has 0 unspecified atom stereocenters. The number of nitrogens with zero attached hydrogens (tertiary/aromatic N) is 1. The van der Waals surface area contributed by atoms with E-state index in [2.05, 4.69) is 47.6 Å². The third-order valence-electron chi connectivity index (χ3n) is 4.30. The van der Waals surface area contributed by atoms with Gasteiger partial charge in [0, 0.05) is 18.2 Å². The largest absolute Gasteiger partial charge is 0.474 e. The van der Waals surface area contributed by atoms with Gasteiger partial charge in [0.1, 0.15) is 6.10 Å². The minimum atomic E-state index is 0.298. The van der Waals surface area contributed by atoms with E-state index in [-0.39, 0.29) is 0 Å². The molecule has 1 N–H and O–H groups in total. The molecule has 3 heteroatoms. The Morgan fingerprint density at radius 2 is 1.78 bits per heavy atom. The van der Waals surface area contributed by atoms with Gasteiger partial charge in [-0.15, -0.1) is 0 Å². The SMILES string of the molecule is CCCc1ccc(Cc2cccc(OC3CCNCC3)n2)cc1. The first-order valence-electron chi connectivity index (χ1n) is 8.74. The molecular weight excluding hydrogens is 284 g/mol. The Labute approximate surface area is 139 Å². The normalized spacial score (nSPS) is 15.5. The van der Waals surface area contributed by atoms with Crippen molar-refractivity contribution in [2.75, 3.05) is 13.1 Å². The second-order valence-electron chi connectivity index (χ2n) is 6.28. The van der Waals surface area contributed by atoms with Crippen molar-refractivity contribution in [2.45, 2.75) is 45.1 Å². The zero-order chi connectivity index (χ0) is 15.9. The molecule has 1 saturated heterocycles. The molecule has 0 saturated carbocycles. The molecule has 3 rings (SSSR count). The quantitative estimate of drug-likeness (QED) is 0.882. The molecule has 1 aliphatic heterocycles. The zero-order valence-corrected chi connectivity index (χ0v) is 13.9. The number of piperidine rings is 1. The van der Waals surface area contributed by atoms with Crippen LogP contribution in [0.1, 0.15) is 43.0 Å². The number of hydrogen-bond donors (Lipinski definition) is 1. The van der Waals surface area contributed by atoms with Crippen molar-refractivity contribution in [1.82, 2.24) is 10.3 Å². The fourth-order valence-corrected chi connectivity index (χ4v) is 3.03. The molecule has 1 fully saturated rings. The van der Waals surface area contributed by atoms with Crippen molar-refractivity contribution in [1.29, 1.82) is 0 Å². The molecule has 1 aromatic carbocycles. The van der Waals surface area contributed by atoms with Crippen LogP contribution in [-0.2, 0) is 12.8 Å². The third kappa shape index (κ3) is 4.80. The average molecular weight is 310 g/mol. The predicted molar refractivity (Wildman–Crippen MR) is 94.0 cm³/mol. The Hall–Kier alpha value is -1.87. The monoisotopic (exact) mass is 310 g/mol. The van der Waals surface area contributed by atoms with E-state index >= 15 is 0 Å². The summed E-state index contributed by atoms with van der Waals surface area (Å²) in [6.07, 6.45) is 5.62. The highest BCUT2D eigenvalue weighted by Crippen LogP contribution is 2.17. The molecule has 2 heterocycles. The van der Waals surface area contributed by atoms with Crippen LogP contribution < -0.4 is 10.1 Å². The molecule has 0 atom stereocenters. The summed E-state index contributed by atoms with van der Waals surface area (Å²) < 4.78 is 6.03. The third-order valence-corrected chi connectivity index (χ3v) is 4.30. The molecular formula is C20H26N2O. The van der Waals surface area contributed by atoms with E-state index in [1.807, 2.05) is 12.1 Å². The van der Waals surface area contributed by atoms with Gasteiger partial charge in [-0.3, -0.25) is 0 Å². The lowest BCUT2D eigenvalue weighted by atomic mass is 10.0. The highest BCUT2D eigenvalue weighted by Gasteiger charge is 2.15. The molecule has 0 aliphatic carbocycles. The number of benzene rings is 1. The summed E-state index contributed by atoms with van der Waals surface area (Å²) in [6, 6.07) is 15.0. The van der Waals surface area contributed by atoms with Crippen LogP contribution in [0.2, 0.25) is 0 Å². The molecule has 1 aromatic heterocycles. The molecule has 0 spiro atoms. The van der Waals surface area contributed by atoms with Crippen molar-refractivity contribution in [3.63, 3.8) is 0 Å². The number of ether oxygens (including phenoxy) is 1. The van der Waals surface area contributed by atoms with Crippen molar-refractivity contribution < 1.29 is 4.74 Å². The molecule has 23 heavy (non-hydrogen) atoms. The van der Waals surface area contributed by atoms with Crippen molar-refractivity contribution in [3.05, 3.63) is 59.3 Å². The standard InChI is InChI=1S/C20H26N2O/c1-2-4-16-7-9-17(10-8-16)15-18-5-3-6-20(22-18)23-19-11-13-21-14-12-19/h3,5-10,19,21H,2,4,11-15H2,1H3. The summed E-state index contributed by atoms with van der Waals surface area (Å²) >= 11 is 0. The number of aromatic nitrogens is 1. The van der Waals surface area contributed by atoms with Gasteiger partial charge in [0.05, 0.1) is 0 Å². The van der Waals surface area contributed by atoms with Gasteiger partial charge in [-0.25, -0.2) is 4.98 Å². The Kier molecular flexibility index (Phi) is 5.65. The van der Waals surface area contributed by atoms with Gasteiger partial charge in [0.15, 0.2) is 0 Å². The first-order chi connectivity index (χ1) is 11.3.